The molecule has 0 fully saturated rings. The monoisotopic (exact) mass is 557 g/mol. The van der Waals surface area contributed by atoms with Crippen molar-refractivity contribution < 1.29 is 9.47 Å². The van der Waals surface area contributed by atoms with E-state index < -0.39 is 8.07 Å². The Kier molecular flexibility index (Phi) is 11.3. The second-order valence-corrected chi connectivity index (χ2v) is 17.6. The molecule has 210 valence electrons. The van der Waals surface area contributed by atoms with Gasteiger partial charge in [-0.15, -0.1) is 0 Å². The van der Waals surface area contributed by atoms with E-state index in [2.05, 4.69) is 86.2 Å². The van der Waals surface area contributed by atoms with Crippen LogP contribution in [-0.2, 0) is 9.47 Å². The van der Waals surface area contributed by atoms with E-state index in [0.717, 1.165) is 67.5 Å². The molecule has 3 heterocycles. The van der Waals surface area contributed by atoms with Crippen molar-refractivity contribution in [3.05, 3.63) is 59.2 Å². The minimum absolute atomic E-state index is 0.209. The van der Waals surface area contributed by atoms with Crippen LogP contribution in [-0.4, -0.2) is 57.1 Å². The molecule has 0 saturated heterocycles. The van der Waals surface area contributed by atoms with Gasteiger partial charge >= 0.3 is 0 Å². The van der Waals surface area contributed by atoms with E-state index in [1.54, 1.807) is 0 Å². The average molecular weight is 558 g/mol. The van der Waals surface area contributed by atoms with Crippen molar-refractivity contribution >= 4 is 36.5 Å². The number of fused-ring (bicyclic) bond motifs is 1. The molecule has 0 aromatic carbocycles. The Bertz CT molecular complexity index is 1060. The molecule has 0 bridgehead atoms. The van der Waals surface area contributed by atoms with Crippen LogP contribution < -0.4 is 4.90 Å². The zero-order valence-electron chi connectivity index (χ0n) is 24.6. The molecule has 0 radical (unpaired) electrons. The number of pyridine rings is 1. The predicted octanol–water partition coefficient (Wildman–Crippen LogP) is 8.23. The second kappa shape index (κ2) is 14.0. The number of nitrogens with zero attached hydrogens (tertiary/aromatic N) is 3. The Labute approximate surface area is 237 Å². The van der Waals surface area contributed by atoms with E-state index in [0.29, 0.717) is 24.4 Å². The van der Waals surface area contributed by atoms with Gasteiger partial charge in [-0.1, -0.05) is 76.8 Å². The molecule has 2 aliphatic rings. The highest BCUT2D eigenvalue weighted by Crippen LogP contribution is 2.45. The summed E-state index contributed by atoms with van der Waals surface area (Å²) in [6.07, 6.45) is 14.3. The summed E-state index contributed by atoms with van der Waals surface area (Å²) >= 11 is 6.72. The van der Waals surface area contributed by atoms with Crippen molar-refractivity contribution in [3.8, 4) is 0 Å². The lowest BCUT2D eigenvalue weighted by atomic mass is 9.87. The van der Waals surface area contributed by atoms with Crippen LogP contribution in [0.1, 0.15) is 58.1 Å². The fourth-order valence-corrected chi connectivity index (χ4v) is 6.00. The van der Waals surface area contributed by atoms with Crippen LogP contribution in [0.15, 0.2) is 42.9 Å². The molecule has 0 N–H and O–H groups in total. The van der Waals surface area contributed by atoms with Gasteiger partial charge in [0.25, 0.3) is 0 Å². The van der Waals surface area contributed by atoms with Gasteiger partial charge in [-0.2, -0.15) is 0 Å². The zero-order valence-corrected chi connectivity index (χ0v) is 26.4. The third-order valence-electron chi connectivity index (χ3n) is 7.18. The van der Waals surface area contributed by atoms with Crippen LogP contribution in [0.2, 0.25) is 30.8 Å². The standard InChI is InChI=1S/C31H48ClN3O2Si/c1-9-15-36-16-14-35-25(11-3)20-26(27-21-33-31(32)29(23(4)5)30(27)35)28-19-24(10-2)12-13-34(28)22-37-17-18-38(6,7)8/h12-13,19-21,24-25H,4,9-11,14-18,22H2,1-3,5-8H3. The van der Waals surface area contributed by atoms with Crippen molar-refractivity contribution in [1.82, 2.24) is 9.88 Å². The minimum atomic E-state index is -1.15. The van der Waals surface area contributed by atoms with Gasteiger partial charge in [0, 0.05) is 68.7 Å². The van der Waals surface area contributed by atoms with Crippen molar-refractivity contribution in [2.45, 2.75) is 78.7 Å². The summed E-state index contributed by atoms with van der Waals surface area (Å²) in [5.74, 6) is 0.383. The molecule has 2 aliphatic heterocycles. The highest BCUT2D eigenvalue weighted by atomic mass is 35.5. The number of aromatic nitrogens is 1. The van der Waals surface area contributed by atoms with Gasteiger partial charge in [0.05, 0.1) is 12.3 Å². The van der Waals surface area contributed by atoms with Gasteiger partial charge in [0.2, 0.25) is 0 Å². The number of hydrogen-bond acceptors (Lipinski definition) is 5. The number of rotatable bonds is 14. The van der Waals surface area contributed by atoms with Gasteiger partial charge < -0.3 is 19.3 Å². The lowest BCUT2D eigenvalue weighted by Crippen LogP contribution is -2.40. The van der Waals surface area contributed by atoms with E-state index in [1.165, 1.54) is 11.3 Å². The van der Waals surface area contributed by atoms with E-state index in [4.69, 9.17) is 21.1 Å². The van der Waals surface area contributed by atoms with Crippen LogP contribution in [0.25, 0.3) is 11.1 Å². The summed E-state index contributed by atoms with van der Waals surface area (Å²) in [6, 6.07) is 1.37. The van der Waals surface area contributed by atoms with Gasteiger partial charge in [0.1, 0.15) is 11.9 Å². The molecule has 0 saturated carbocycles. The lowest BCUT2D eigenvalue weighted by molar-refractivity contribution is 0.0793. The Hall–Kier alpha value is -1.86. The Morgan fingerprint density at radius 3 is 2.47 bits per heavy atom. The predicted molar refractivity (Wildman–Crippen MR) is 166 cm³/mol. The first kappa shape index (κ1) is 30.7. The normalized spacial score (nSPS) is 19.4. The lowest BCUT2D eigenvalue weighted by Gasteiger charge is -2.41. The highest BCUT2D eigenvalue weighted by molar-refractivity contribution is 6.76. The Morgan fingerprint density at radius 1 is 1.08 bits per heavy atom. The minimum Gasteiger partial charge on any atom is -0.380 e. The number of halogens is 1. The van der Waals surface area contributed by atoms with Crippen LogP contribution in [0.3, 0.4) is 0 Å². The third kappa shape index (κ3) is 7.62. The molecule has 1 aromatic rings. The van der Waals surface area contributed by atoms with Crippen LogP contribution in [0, 0.1) is 5.92 Å². The molecular formula is C31H48ClN3O2Si. The quantitative estimate of drug-likeness (QED) is 0.131. The number of hydrogen-bond donors (Lipinski definition) is 0. The largest absolute Gasteiger partial charge is 0.380 e. The van der Waals surface area contributed by atoms with Crippen molar-refractivity contribution in [2.75, 3.05) is 38.0 Å². The average Bonchev–Trinajstić information content (AvgIpc) is 2.88. The molecule has 38 heavy (non-hydrogen) atoms. The molecule has 3 rings (SSSR count). The molecular weight excluding hydrogens is 510 g/mol. The van der Waals surface area contributed by atoms with E-state index in [1.807, 2.05) is 13.1 Å². The van der Waals surface area contributed by atoms with Gasteiger partial charge in [-0.05, 0) is 43.7 Å². The first-order valence-corrected chi connectivity index (χ1v) is 18.4. The Morgan fingerprint density at radius 2 is 1.84 bits per heavy atom. The number of ether oxygens (including phenoxy) is 2. The van der Waals surface area contributed by atoms with Gasteiger partial charge in [0.15, 0.2) is 0 Å². The summed E-state index contributed by atoms with van der Waals surface area (Å²) in [7, 11) is -1.15. The summed E-state index contributed by atoms with van der Waals surface area (Å²) in [5, 5.41) is 0.502. The fraction of sp³-hybridized carbons (Fsp3) is 0.581. The van der Waals surface area contributed by atoms with Crippen LogP contribution in [0.5, 0.6) is 0 Å². The summed E-state index contributed by atoms with van der Waals surface area (Å²) in [5.41, 5.74) is 6.44. The SMILES string of the molecule is C=C(C)c1c(Cl)ncc2c1N(CCOCCC)C(CC)C=C2C1=CC(CC)C=CN1COCC[Si](C)(C)C. The first-order valence-electron chi connectivity index (χ1n) is 14.3. The second-order valence-electron chi connectivity index (χ2n) is 11.6. The molecule has 0 aliphatic carbocycles. The molecule has 2 unspecified atom stereocenters. The number of allylic oxidation sites excluding steroid dienone is 4. The molecule has 0 spiro atoms. The Balaban J connectivity index is 2.04. The molecule has 2 atom stereocenters. The molecule has 0 amide bonds. The topological polar surface area (TPSA) is 37.8 Å². The molecule has 1 aromatic heterocycles. The van der Waals surface area contributed by atoms with Crippen molar-refractivity contribution in [1.29, 1.82) is 0 Å². The highest BCUT2D eigenvalue weighted by Gasteiger charge is 2.33. The van der Waals surface area contributed by atoms with Crippen molar-refractivity contribution in [3.63, 3.8) is 0 Å². The molecule has 7 heteroatoms. The van der Waals surface area contributed by atoms with Crippen LogP contribution in [0.4, 0.5) is 5.69 Å². The van der Waals surface area contributed by atoms with Crippen LogP contribution >= 0.6 is 11.6 Å². The number of anilines is 1. The fourth-order valence-electron chi connectivity index (χ4n) is 4.94. The summed E-state index contributed by atoms with van der Waals surface area (Å²) < 4.78 is 12.1. The summed E-state index contributed by atoms with van der Waals surface area (Å²) in [4.78, 5) is 9.34. The third-order valence-corrected chi connectivity index (χ3v) is 9.17. The maximum Gasteiger partial charge on any atom is 0.138 e. The maximum absolute atomic E-state index is 6.72. The maximum atomic E-state index is 6.72. The van der Waals surface area contributed by atoms with Gasteiger partial charge in [-0.3, -0.25) is 0 Å². The van der Waals surface area contributed by atoms with Crippen molar-refractivity contribution in [2.24, 2.45) is 5.92 Å². The smallest absolute Gasteiger partial charge is 0.138 e. The van der Waals surface area contributed by atoms with E-state index >= 15 is 0 Å². The van der Waals surface area contributed by atoms with E-state index in [9.17, 15) is 0 Å². The van der Waals surface area contributed by atoms with Gasteiger partial charge in [-0.25, -0.2) is 4.98 Å². The summed E-state index contributed by atoms with van der Waals surface area (Å²) in [6.45, 7) is 23.6. The first-order chi connectivity index (χ1) is 18.1. The van der Waals surface area contributed by atoms with E-state index in [-0.39, 0.29) is 6.04 Å². The zero-order chi connectivity index (χ0) is 27.9. The molecule has 5 nitrogen and oxygen atoms in total.